The molecule has 1 amide bonds. The van der Waals surface area contributed by atoms with Gasteiger partial charge in [0.1, 0.15) is 12.4 Å². The molecular weight excluding hydrogens is 369 g/mol. The first-order valence-electron chi connectivity index (χ1n) is 9.41. The van der Waals surface area contributed by atoms with E-state index in [1.165, 1.54) is 6.07 Å². The minimum atomic E-state index is -0.308. The molecule has 0 atom stereocenters. The van der Waals surface area contributed by atoms with Gasteiger partial charge >= 0.3 is 0 Å². The van der Waals surface area contributed by atoms with Crippen molar-refractivity contribution in [3.8, 4) is 11.5 Å². The van der Waals surface area contributed by atoms with Gasteiger partial charge in [-0.25, -0.2) is 4.39 Å². The normalized spacial score (nSPS) is 13.9. The predicted octanol–water partition coefficient (Wildman–Crippen LogP) is 5.30. The van der Waals surface area contributed by atoms with Crippen molar-refractivity contribution >= 4 is 23.2 Å². The molecule has 0 fully saturated rings. The number of rotatable bonds is 6. The van der Waals surface area contributed by atoms with Gasteiger partial charge in [-0.15, -0.1) is 0 Å². The van der Waals surface area contributed by atoms with Crippen LogP contribution in [0.15, 0.2) is 66.7 Å². The van der Waals surface area contributed by atoms with Crippen molar-refractivity contribution in [2.75, 3.05) is 11.9 Å². The van der Waals surface area contributed by atoms with E-state index in [9.17, 15) is 9.18 Å². The van der Waals surface area contributed by atoms with Gasteiger partial charge in [0, 0.05) is 22.4 Å². The van der Waals surface area contributed by atoms with Gasteiger partial charge in [-0.2, -0.15) is 0 Å². The zero-order chi connectivity index (χ0) is 20.2. The summed E-state index contributed by atoms with van der Waals surface area (Å²) >= 11 is 0. The fourth-order valence-corrected chi connectivity index (χ4v) is 3.22. The molecule has 0 aliphatic carbocycles. The molecule has 1 heterocycles. The third kappa shape index (κ3) is 3.99. The molecule has 0 saturated heterocycles. The summed E-state index contributed by atoms with van der Waals surface area (Å²) in [5.41, 5.74) is 3.56. The molecule has 29 heavy (non-hydrogen) atoms. The van der Waals surface area contributed by atoms with E-state index < -0.39 is 0 Å². The van der Waals surface area contributed by atoms with Crippen molar-refractivity contribution in [1.29, 1.82) is 0 Å². The van der Waals surface area contributed by atoms with Gasteiger partial charge in [-0.05, 0) is 42.8 Å². The summed E-state index contributed by atoms with van der Waals surface area (Å²) in [6.07, 6.45) is 1.82. The highest BCUT2D eigenvalue weighted by atomic mass is 19.1. The van der Waals surface area contributed by atoms with Gasteiger partial charge < -0.3 is 14.8 Å². The molecule has 3 aromatic carbocycles. The van der Waals surface area contributed by atoms with E-state index in [-0.39, 0.29) is 18.3 Å². The zero-order valence-corrected chi connectivity index (χ0v) is 15.9. The monoisotopic (exact) mass is 389 g/mol. The van der Waals surface area contributed by atoms with E-state index in [4.69, 9.17) is 9.47 Å². The fraction of sp³-hybridized carbons (Fsp3) is 0.125. The third-order valence-electron chi connectivity index (χ3n) is 4.63. The molecule has 146 valence electrons. The van der Waals surface area contributed by atoms with Crippen molar-refractivity contribution in [1.82, 2.24) is 0 Å². The van der Waals surface area contributed by atoms with E-state index >= 15 is 0 Å². The van der Waals surface area contributed by atoms with Crippen molar-refractivity contribution < 1.29 is 18.7 Å². The van der Waals surface area contributed by atoms with E-state index in [1.807, 2.05) is 49.4 Å². The van der Waals surface area contributed by atoms with Crippen LogP contribution in [0.3, 0.4) is 0 Å². The summed E-state index contributed by atoms with van der Waals surface area (Å²) in [6.45, 7) is 2.44. The quantitative estimate of drug-likeness (QED) is 0.582. The smallest absolute Gasteiger partial charge is 0.256 e. The summed E-state index contributed by atoms with van der Waals surface area (Å²) in [5.74, 6) is 0.625. The average molecular weight is 389 g/mol. The molecule has 4 nitrogen and oxygen atoms in total. The zero-order valence-electron chi connectivity index (χ0n) is 15.9. The molecule has 0 spiro atoms. The van der Waals surface area contributed by atoms with Crippen LogP contribution in [0.5, 0.6) is 11.5 Å². The maximum Gasteiger partial charge on any atom is 0.256 e. The maximum absolute atomic E-state index is 13.8. The first-order valence-corrected chi connectivity index (χ1v) is 9.41. The van der Waals surface area contributed by atoms with Gasteiger partial charge in [0.05, 0.1) is 6.61 Å². The molecule has 5 heteroatoms. The third-order valence-corrected chi connectivity index (χ3v) is 4.63. The highest BCUT2D eigenvalue weighted by Crippen LogP contribution is 2.35. The molecule has 1 aliphatic rings. The van der Waals surface area contributed by atoms with Crippen LogP contribution in [-0.2, 0) is 11.4 Å². The van der Waals surface area contributed by atoms with Gasteiger partial charge in [0.15, 0.2) is 11.5 Å². The van der Waals surface area contributed by atoms with E-state index in [2.05, 4.69) is 5.32 Å². The van der Waals surface area contributed by atoms with Gasteiger partial charge in [0.2, 0.25) is 0 Å². The van der Waals surface area contributed by atoms with Crippen molar-refractivity contribution in [2.45, 2.75) is 13.5 Å². The Morgan fingerprint density at radius 1 is 0.966 bits per heavy atom. The van der Waals surface area contributed by atoms with Crippen LogP contribution in [0.1, 0.15) is 23.6 Å². The molecular formula is C24H20FNO3. The number of carbonyl (C=O) groups is 1. The molecule has 0 saturated carbocycles. The number of fused-ring (bicyclic) bond motifs is 1. The highest BCUT2D eigenvalue weighted by Gasteiger charge is 2.23. The number of ether oxygens (including phenoxy) is 2. The number of benzene rings is 3. The lowest BCUT2D eigenvalue weighted by molar-refractivity contribution is -0.110. The lowest BCUT2D eigenvalue weighted by Crippen LogP contribution is -2.04. The number of nitrogens with one attached hydrogen (secondary N) is 1. The van der Waals surface area contributed by atoms with Crippen molar-refractivity contribution in [3.05, 3.63) is 89.2 Å². The Kier molecular flexibility index (Phi) is 5.29. The number of hydrogen-bond donors (Lipinski definition) is 1. The predicted molar refractivity (Wildman–Crippen MR) is 111 cm³/mol. The first-order chi connectivity index (χ1) is 14.2. The summed E-state index contributed by atoms with van der Waals surface area (Å²) in [5, 5.41) is 2.86. The van der Waals surface area contributed by atoms with Crippen LogP contribution < -0.4 is 14.8 Å². The van der Waals surface area contributed by atoms with Crippen molar-refractivity contribution in [3.63, 3.8) is 0 Å². The largest absolute Gasteiger partial charge is 0.490 e. The minimum absolute atomic E-state index is 0.100. The molecule has 0 unspecified atom stereocenters. The van der Waals surface area contributed by atoms with Crippen LogP contribution in [-0.4, -0.2) is 12.5 Å². The topological polar surface area (TPSA) is 47.6 Å². The number of amides is 1. The summed E-state index contributed by atoms with van der Waals surface area (Å²) < 4.78 is 25.3. The number of hydrogen-bond acceptors (Lipinski definition) is 3. The Balaban J connectivity index is 1.61. The number of anilines is 1. The SMILES string of the molecule is CCOc1cc(/C=C2\C(=O)Nc3ccccc32)ccc1OCc1ccccc1F. The van der Waals surface area contributed by atoms with Gasteiger partial charge in [-0.3, -0.25) is 4.79 Å². The average Bonchev–Trinajstić information content (AvgIpc) is 3.04. The minimum Gasteiger partial charge on any atom is -0.490 e. The van der Waals surface area contributed by atoms with E-state index in [0.29, 0.717) is 29.2 Å². The molecule has 3 aromatic rings. The van der Waals surface area contributed by atoms with E-state index in [0.717, 1.165) is 16.8 Å². The van der Waals surface area contributed by atoms with Gasteiger partial charge in [-0.1, -0.05) is 42.5 Å². The van der Waals surface area contributed by atoms with Crippen LogP contribution in [0.25, 0.3) is 11.6 Å². The van der Waals surface area contributed by atoms with Crippen molar-refractivity contribution in [2.24, 2.45) is 0 Å². The Bertz CT molecular complexity index is 1090. The second-order valence-electron chi connectivity index (χ2n) is 6.58. The molecule has 1 aliphatic heterocycles. The molecule has 1 N–H and O–H groups in total. The van der Waals surface area contributed by atoms with E-state index in [1.54, 1.807) is 24.3 Å². The Hall–Kier alpha value is -3.60. The molecule has 0 radical (unpaired) electrons. The van der Waals surface area contributed by atoms with Gasteiger partial charge in [0.25, 0.3) is 5.91 Å². The first kappa shape index (κ1) is 18.7. The Morgan fingerprint density at radius 2 is 1.76 bits per heavy atom. The van der Waals surface area contributed by atoms with Crippen LogP contribution in [0, 0.1) is 5.82 Å². The fourth-order valence-electron chi connectivity index (χ4n) is 3.22. The molecule has 4 rings (SSSR count). The standard InChI is InChI=1S/C24H20FNO3/c1-2-28-23-14-16(13-19-18-8-4-6-10-21(18)26-24(19)27)11-12-22(23)29-15-17-7-3-5-9-20(17)25/h3-14H,2,15H2,1H3,(H,26,27)/b19-13-. The number of para-hydroxylation sites is 1. The highest BCUT2D eigenvalue weighted by molar-refractivity contribution is 6.34. The van der Waals surface area contributed by atoms with Crippen LogP contribution >= 0.6 is 0 Å². The Labute approximate surface area is 168 Å². The van der Waals surface area contributed by atoms with Crippen LogP contribution in [0.2, 0.25) is 0 Å². The summed E-state index contributed by atoms with van der Waals surface area (Å²) in [6, 6.07) is 19.5. The second-order valence-corrected chi connectivity index (χ2v) is 6.58. The second kappa shape index (κ2) is 8.19. The maximum atomic E-state index is 13.8. The number of halogens is 1. The summed E-state index contributed by atoms with van der Waals surface area (Å²) in [7, 11) is 0. The lowest BCUT2D eigenvalue weighted by Gasteiger charge is -2.13. The molecule has 0 aromatic heterocycles. The lowest BCUT2D eigenvalue weighted by atomic mass is 10.0. The number of carbonyl (C=O) groups excluding carboxylic acids is 1. The van der Waals surface area contributed by atoms with Crippen LogP contribution in [0.4, 0.5) is 10.1 Å². The Morgan fingerprint density at radius 3 is 2.59 bits per heavy atom. The summed E-state index contributed by atoms with van der Waals surface area (Å²) in [4.78, 5) is 12.3. The molecule has 0 bridgehead atoms.